The fraction of sp³-hybridized carbons (Fsp3) is 0.556. The summed E-state index contributed by atoms with van der Waals surface area (Å²) in [6, 6.07) is 4.94. The molecule has 1 aromatic rings. The number of carbonyl (C=O) groups excluding carboxylic acids is 2. The first-order valence-electron chi connectivity index (χ1n) is 8.62. The molecule has 0 saturated heterocycles. The molecule has 2 aliphatic rings. The Kier molecular flexibility index (Phi) is 5.23. The lowest BCUT2D eigenvalue weighted by molar-refractivity contribution is -0.118. The van der Waals surface area contributed by atoms with Crippen LogP contribution in [0, 0.1) is 5.92 Å². The van der Waals surface area contributed by atoms with Gasteiger partial charge >= 0.3 is 0 Å². The van der Waals surface area contributed by atoms with Crippen molar-refractivity contribution in [1.29, 1.82) is 0 Å². The van der Waals surface area contributed by atoms with Crippen molar-refractivity contribution < 1.29 is 19.1 Å². The SMILES string of the molecule is NC(=O)CC(NC(=O)c1ccc2c(c1)OCCO2)C1CCCCC1. The summed E-state index contributed by atoms with van der Waals surface area (Å²) in [5, 5.41) is 3.01. The van der Waals surface area contributed by atoms with Crippen LogP contribution in [-0.2, 0) is 4.79 Å². The second-order valence-electron chi connectivity index (χ2n) is 6.51. The summed E-state index contributed by atoms with van der Waals surface area (Å²) in [4.78, 5) is 24.0. The number of nitrogens with two attached hydrogens (primary N) is 1. The highest BCUT2D eigenvalue weighted by Gasteiger charge is 2.27. The van der Waals surface area contributed by atoms with Gasteiger partial charge in [0.15, 0.2) is 11.5 Å². The van der Waals surface area contributed by atoms with E-state index in [2.05, 4.69) is 5.32 Å². The van der Waals surface area contributed by atoms with Gasteiger partial charge in [0.2, 0.25) is 5.91 Å². The van der Waals surface area contributed by atoms with Crippen LogP contribution >= 0.6 is 0 Å². The van der Waals surface area contributed by atoms with E-state index in [1.807, 2.05) is 0 Å². The summed E-state index contributed by atoms with van der Waals surface area (Å²) in [7, 11) is 0. The molecule has 3 N–H and O–H groups in total. The third-order valence-electron chi connectivity index (χ3n) is 4.76. The predicted molar refractivity (Wildman–Crippen MR) is 89.1 cm³/mol. The lowest BCUT2D eigenvalue weighted by Gasteiger charge is -2.30. The summed E-state index contributed by atoms with van der Waals surface area (Å²) in [5.74, 6) is 0.959. The number of rotatable bonds is 5. The Balaban J connectivity index is 1.71. The maximum atomic E-state index is 12.6. The number of carbonyl (C=O) groups is 2. The zero-order valence-corrected chi connectivity index (χ0v) is 13.8. The average molecular weight is 332 g/mol. The van der Waals surface area contributed by atoms with Crippen LogP contribution in [0.5, 0.6) is 11.5 Å². The van der Waals surface area contributed by atoms with Gasteiger partial charge < -0.3 is 20.5 Å². The van der Waals surface area contributed by atoms with Gasteiger partial charge in [-0.3, -0.25) is 9.59 Å². The molecule has 2 amide bonds. The Morgan fingerprint density at radius 2 is 1.83 bits per heavy atom. The first kappa shape index (κ1) is 16.6. The lowest BCUT2D eigenvalue weighted by Crippen LogP contribution is -2.43. The zero-order chi connectivity index (χ0) is 16.9. The molecule has 0 aromatic heterocycles. The first-order valence-corrected chi connectivity index (χ1v) is 8.62. The van der Waals surface area contributed by atoms with Crippen LogP contribution in [-0.4, -0.2) is 31.1 Å². The van der Waals surface area contributed by atoms with Crippen molar-refractivity contribution in [2.45, 2.75) is 44.6 Å². The molecule has 1 unspecified atom stereocenters. The van der Waals surface area contributed by atoms with Gasteiger partial charge in [0, 0.05) is 18.0 Å². The Morgan fingerprint density at radius 1 is 1.12 bits per heavy atom. The number of hydrogen-bond acceptors (Lipinski definition) is 4. The highest BCUT2D eigenvalue weighted by Crippen LogP contribution is 2.31. The van der Waals surface area contributed by atoms with Crippen molar-refractivity contribution in [2.75, 3.05) is 13.2 Å². The minimum absolute atomic E-state index is 0.182. The van der Waals surface area contributed by atoms with E-state index in [9.17, 15) is 9.59 Å². The van der Waals surface area contributed by atoms with E-state index in [1.165, 1.54) is 6.42 Å². The molecule has 0 bridgehead atoms. The number of amides is 2. The molecule has 6 heteroatoms. The fourth-order valence-corrected chi connectivity index (χ4v) is 3.53. The van der Waals surface area contributed by atoms with E-state index in [-0.39, 0.29) is 24.3 Å². The molecular weight excluding hydrogens is 308 g/mol. The number of benzene rings is 1. The Hall–Kier alpha value is -2.24. The number of fused-ring (bicyclic) bond motifs is 1. The molecule has 24 heavy (non-hydrogen) atoms. The highest BCUT2D eigenvalue weighted by molar-refractivity contribution is 5.95. The van der Waals surface area contributed by atoms with Crippen LogP contribution in [0.15, 0.2) is 18.2 Å². The quantitative estimate of drug-likeness (QED) is 0.863. The normalized spacial score (nSPS) is 18.7. The zero-order valence-electron chi connectivity index (χ0n) is 13.8. The molecule has 1 aliphatic carbocycles. The standard InChI is InChI=1S/C18H24N2O4/c19-17(21)11-14(12-4-2-1-3-5-12)20-18(22)13-6-7-15-16(10-13)24-9-8-23-15/h6-7,10,12,14H,1-5,8-9,11H2,(H2,19,21)(H,20,22). The third kappa shape index (κ3) is 3.99. The van der Waals surface area contributed by atoms with E-state index in [1.54, 1.807) is 18.2 Å². The summed E-state index contributed by atoms with van der Waals surface area (Å²) in [6.07, 6.45) is 5.73. The molecular formula is C18H24N2O4. The van der Waals surface area contributed by atoms with E-state index in [0.717, 1.165) is 25.7 Å². The molecule has 0 spiro atoms. The van der Waals surface area contributed by atoms with Gasteiger partial charge in [-0.1, -0.05) is 19.3 Å². The second kappa shape index (κ2) is 7.55. The highest BCUT2D eigenvalue weighted by atomic mass is 16.6. The molecule has 1 saturated carbocycles. The van der Waals surface area contributed by atoms with Gasteiger partial charge in [-0.15, -0.1) is 0 Å². The van der Waals surface area contributed by atoms with Gasteiger partial charge in [0.1, 0.15) is 13.2 Å². The smallest absolute Gasteiger partial charge is 0.251 e. The number of hydrogen-bond donors (Lipinski definition) is 2. The molecule has 1 aliphatic heterocycles. The Labute approximate surface area is 141 Å². The molecule has 6 nitrogen and oxygen atoms in total. The average Bonchev–Trinajstić information content (AvgIpc) is 2.61. The molecule has 1 fully saturated rings. The largest absolute Gasteiger partial charge is 0.486 e. The summed E-state index contributed by atoms with van der Waals surface area (Å²) in [5.41, 5.74) is 5.88. The number of nitrogens with one attached hydrogen (secondary N) is 1. The third-order valence-corrected chi connectivity index (χ3v) is 4.76. The van der Waals surface area contributed by atoms with E-state index >= 15 is 0 Å². The monoisotopic (exact) mass is 332 g/mol. The minimum atomic E-state index is -0.381. The van der Waals surface area contributed by atoms with Gasteiger partial charge in [0.05, 0.1) is 0 Å². The second-order valence-corrected chi connectivity index (χ2v) is 6.51. The van der Waals surface area contributed by atoms with Gasteiger partial charge in [0.25, 0.3) is 5.91 Å². The predicted octanol–water partition coefficient (Wildman–Crippen LogP) is 2.01. The van der Waals surface area contributed by atoms with E-state index in [4.69, 9.17) is 15.2 Å². The van der Waals surface area contributed by atoms with Gasteiger partial charge in [-0.25, -0.2) is 0 Å². The maximum absolute atomic E-state index is 12.6. The van der Waals surface area contributed by atoms with Crippen molar-refractivity contribution in [1.82, 2.24) is 5.32 Å². The van der Waals surface area contributed by atoms with Crippen molar-refractivity contribution in [3.63, 3.8) is 0 Å². The van der Waals surface area contributed by atoms with Crippen LogP contribution < -0.4 is 20.5 Å². The van der Waals surface area contributed by atoms with Crippen LogP contribution in [0.1, 0.15) is 48.9 Å². The van der Waals surface area contributed by atoms with Crippen molar-refractivity contribution in [3.05, 3.63) is 23.8 Å². The maximum Gasteiger partial charge on any atom is 0.251 e. The van der Waals surface area contributed by atoms with Gasteiger partial charge in [-0.05, 0) is 37.0 Å². The first-order chi connectivity index (χ1) is 11.6. The molecule has 1 aromatic carbocycles. The van der Waals surface area contributed by atoms with E-state index < -0.39 is 0 Å². The summed E-state index contributed by atoms with van der Waals surface area (Å²) in [6.45, 7) is 0.991. The topological polar surface area (TPSA) is 90.7 Å². The molecule has 3 rings (SSSR count). The van der Waals surface area contributed by atoms with Crippen LogP contribution in [0.3, 0.4) is 0 Å². The van der Waals surface area contributed by atoms with Crippen molar-refractivity contribution in [2.24, 2.45) is 11.7 Å². The Bertz CT molecular complexity index is 611. The molecule has 0 radical (unpaired) electrons. The number of primary amides is 1. The lowest BCUT2D eigenvalue weighted by atomic mass is 9.82. The van der Waals surface area contributed by atoms with Gasteiger partial charge in [-0.2, -0.15) is 0 Å². The van der Waals surface area contributed by atoms with Crippen LogP contribution in [0.4, 0.5) is 0 Å². The number of ether oxygens (including phenoxy) is 2. The minimum Gasteiger partial charge on any atom is -0.486 e. The van der Waals surface area contributed by atoms with Crippen LogP contribution in [0.25, 0.3) is 0 Å². The summed E-state index contributed by atoms with van der Waals surface area (Å²) < 4.78 is 11.0. The molecule has 1 atom stereocenters. The Morgan fingerprint density at radius 3 is 2.54 bits per heavy atom. The molecule has 130 valence electrons. The van der Waals surface area contributed by atoms with Crippen molar-refractivity contribution in [3.8, 4) is 11.5 Å². The molecule has 1 heterocycles. The fourth-order valence-electron chi connectivity index (χ4n) is 3.53. The van der Waals surface area contributed by atoms with Crippen molar-refractivity contribution >= 4 is 11.8 Å². The summed E-state index contributed by atoms with van der Waals surface area (Å²) >= 11 is 0. The van der Waals surface area contributed by atoms with Crippen LogP contribution in [0.2, 0.25) is 0 Å². The van der Waals surface area contributed by atoms with E-state index in [0.29, 0.717) is 36.2 Å².